The summed E-state index contributed by atoms with van der Waals surface area (Å²) in [5, 5.41) is 10.1. The van der Waals surface area contributed by atoms with Gasteiger partial charge in [-0.1, -0.05) is 32.0 Å². The molecule has 1 aliphatic heterocycles. The van der Waals surface area contributed by atoms with E-state index in [1.807, 2.05) is 35.7 Å². The summed E-state index contributed by atoms with van der Waals surface area (Å²) in [6.07, 6.45) is 0. The fourth-order valence-corrected chi connectivity index (χ4v) is 4.69. The van der Waals surface area contributed by atoms with Crippen LogP contribution in [0.3, 0.4) is 0 Å². The maximum Gasteiger partial charge on any atom is 0.282 e. The third-order valence-electron chi connectivity index (χ3n) is 5.12. The normalized spacial score (nSPS) is 14.6. The number of amides is 2. The Kier molecular flexibility index (Phi) is 5.72. The van der Waals surface area contributed by atoms with Crippen LogP contribution >= 0.6 is 11.3 Å². The number of carbonyl (C=O) groups is 2. The molecule has 0 saturated carbocycles. The van der Waals surface area contributed by atoms with Gasteiger partial charge in [-0.25, -0.2) is 18.5 Å². The molecule has 0 atom stereocenters. The lowest BCUT2D eigenvalue weighted by Crippen LogP contribution is -2.32. The molecule has 32 heavy (non-hydrogen) atoms. The molecule has 0 spiro atoms. The number of thiophene rings is 1. The van der Waals surface area contributed by atoms with Crippen LogP contribution in [0.25, 0.3) is 5.57 Å². The standard InChI is InChI=1S/C23H21N3O4S2/c1-14(2)15-5-7-16(8-6-15)25-21-20(19-4-3-13-31-19)22(27)26(23(21)28)17-9-11-18(12-10-17)32(24,29)30/h3-14,25H,1-2H3,(H2,24,29,30). The molecule has 2 aromatic carbocycles. The van der Waals surface area contributed by atoms with E-state index in [4.69, 9.17) is 5.14 Å². The smallest absolute Gasteiger partial charge is 0.282 e. The third-order valence-corrected chi connectivity index (χ3v) is 6.94. The molecule has 0 fully saturated rings. The van der Waals surface area contributed by atoms with Gasteiger partial charge in [0.2, 0.25) is 10.0 Å². The lowest BCUT2D eigenvalue weighted by molar-refractivity contribution is -0.120. The molecule has 3 aromatic rings. The molecule has 4 rings (SSSR count). The van der Waals surface area contributed by atoms with Crippen molar-refractivity contribution in [2.24, 2.45) is 5.14 Å². The maximum atomic E-state index is 13.3. The number of sulfonamides is 1. The lowest BCUT2D eigenvalue weighted by atomic mass is 10.0. The van der Waals surface area contributed by atoms with Crippen LogP contribution in [-0.2, 0) is 19.6 Å². The van der Waals surface area contributed by atoms with Gasteiger partial charge < -0.3 is 5.32 Å². The van der Waals surface area contributed by atoms with E-state index in [1.165, 1.54) is 35.6 Å². The molecular weight excluding hydrogens is 446 g/mol. The van der Waals surface area contributed by atoms with Crippen LogP contribution in [0, 0.1) is 0 Å². The minimum absolute atomic E-state index is 0.102. The Bertz CT molecular complexity index is 1310. The van der Waals surface area contributed by atoms with Crippen LogP contribution < -0.4 is 15.4 Å². The second-order valence-electron chi connectivity index (χ2n) is 7.61. The first kappa shape index (κ1) is 21.9. The van der Waals surface area contributed by atoms with E-state index in [-0.39, 0.29) is 21.9 Å². The number of nitrogens with zero attached hydrogens (tertiary/aromatic N) is 1. The fraction of sp³-hybridized carbons (Fsp3) is 0.130. The number of hydrogen-bond acceptors (Lipinski definition) is 6. The number of benzene rings is 2. The second kappa shape index (κ2) is 8.34. The summed E-state index contributed by atoms with van der Waals surface area (Å²) in [6, 6.07) is 16.6. The highest BCUT2D eigenvalue weighted by Crippen LogP contribution is 2.35. The molecular formula is C23H21N3O4S2. The highest BCUT2D eigenvalue weighted by molar-refractivity contribution is 7.89. The van der Waals surface area contributed by atoms with E-state index in [2.05, 4.69) is 19.2 Å². The number of hydrogen-bond donors (Lipinski definition) is 2. The van der Waals surface area contributed by atoms with Gasteiger partial charge in [0.25, 0.3) is 11.8 Å². The van der Waals surface area contributed by atoms with Crippen molar-refractivity contribution in [2.75, 3.05) is 10.2 Å². The first-order valence-electron chi connectivity index (χ1n) is 9.83. The zero-order valence-electron chi connectivity index (χ0n) is 17.4. The van der Waals surface area contributed by atoms with Crippen molar-refractivity contribution in [3.05, 3.63) is 82.2 Å². The molecule has 3 N–H and O–H groups in total. The van der Waals surface area contributed by atoms with Gasteiger partial charge in [-0.15, -0.1) is 11.3 Å². The van der Waals surface area contributed by atoms with Crippen LogP contribution in [0.4, 0.5) is 11.4 Å². The highest BCUT2D eigenvalue weighted by Gasteiger charge is 2.40. The first-order chi connectivity index (χ1) is 15.2. The van der Waals surface area contributed by atoms with Gasteiger partial charge in [0, 0.05) is 10.6 Å². The molecule has 2 heterocycles. The highest BCUT2D eigenvalue weighted by atomic mass is 32.2. The van der Waals surface area contributed by atoms with Crippen LogP contribution in [0.5, 0.6) is 0 Å². The monoisotopic (exact) mass is 467 g/mol. The van der Waals surface area contributed by atoms with Gasteiger partial charge in [0.15, 0.2) is 0 Å². The summed E-state index contributed by atoms with van der Waals surface area (Å²) in [5.74, 6) is -0.632. The Balaban J connectivity index is 1.72. The van der Waals surface area contributed by atoms with E-state index in [0.29, 0.717) is 16.5 Å². The molecule has 0 saturated heterocycles. The Morgan fingerprint density at radius 2 is 1.59 bits per heavy atom. The van der Waals surface area contributed by atoms with Crippen molar-refractivity contribution >= 4 is 50.1 Å². The molecule has 164 valence electrons. The summed E-state index contributed by atoms with van der Waals surface area (Å²) in [7, 11) is -3.89. The molecule has 1 aliphatic rings. The zero-order valence-corrected chi connectivity index (χ0v) is 19.0. The van der Waals surface area contributed by atoms with Gasteiger partial charge in [0.1, 0.15) is 5.70 Å². The van der Waals surface area contributed by atoms with E-state index in [0.717, 1.165) is 10.5 Å². The molecule has 0 radical (unpaired) electrons. The number of nitrogens with one attached hydrogen (secondary N) is 1. The summed E-state index contributed by atoms with van der Waals surface area (Å²) < 4.78 is 23.1. The predicted octanol–water partition coefficient (Wildman–Crippen LogP) is 3.92. The van der Waals surface area contributed by atoms with Gasteiger partial charge in [-0.3, -0.25) is 9.59 Å². The average molecular weight is 468 g/mol. The molecule has 7 nitrogen and oxygen atoms in total. The van der Waals surface area contributed by atoms with Crippen molar-refractivity contribution in [3.63, 3.8) is 0 Å². The number of rotatable bonds is 6. The van der Waals surface area contributed by atoms with Crippen molar-refractivity contribution < 1.29 is 18.0 Å². The number of nitrogens with two attached hydrogens (primary N) is 1. The largest absolute Gasteiger partial charge is 0.350 e. The number of primary sulfonamides is 1. The van der Waals surface area contributed by atoms with Crippen molar-refractivity contribution in [1.82, 2.24) is 0 Å². The Labute approximate surface area is 190 Å². The van der Waals surface area contributed by atoms with Gasteiger partial charge in [0.05, 0.1) is 16.2 Å². The van der Waals surface area contributed by atoms with Crippen molar-refractivity contribution in [2.45, 2.75) is 24.7 Å². The minimum atomic E-state index is -3.89. The third kappa shape index (κ3) is 4.10. The summed E-state index contributed by atoms with van der Waals surface area (Å²) in [6.45, 7) is 4.19. The molecule has 0 bridgehead atoms. The number of imide groups is 1. The molecule has 1 aromatic heterocycles. The molecule has 0 unspecified atom stereocenters. The van der Waals surface area contributed by atoms with E-state index >= 15 is 0 Å². The van der Waals surface area contributed by atoms with Crippen LogP contribution in [-0.4, -0.2) is 20.2 Å². The SMILES string of the molecule is CC(C)c1ccc(NC2=C(c3cccs3)C(=O)N(c3ccc(S(N)(=O)=O)cc3)C2=O)cc1. The molecule has 9 heteroatoms. The van der Waals surface area contributed by atoms with Crippen LogP contribution in [0.15, 0.2) is 76.6 Å². The van der Waals surface area contributed by atoms with Gasteiger partial charge >= 0.3 is 0 Å². The average Bonchev–Trinajstić information content (AvgIpc) is 3.35. The maximum absolute atomic E-state index is 13.3. The summed E-state index contributed by atoms with van der Waals surface area (Å²) in [4.78, 5) is 28.2. The van der Waals surface area contributed by atoms with E-state index < -0.39 is 21.8 Å². The van der Waals surface area contributed by atoms with Crippen molar-refractivity contribution in [1.29, 1.82) is 0 Å². The van der Waals surface area contributed by atoms with Crippen LogP contribution in [0.1, 0.15) is 30.2 Å². The molecule has 0 aliphatic carbocycles. The predicted molar refractivity (Wildman–Crippen MR) is 126 cm³/mol. The van der Waals surface area contributed by atoms with Gasteiger partial charge in [-0.05, 0) is 59.3 Å². The number of carbonyl (C=O) groups excluding carboxylic acids is 2. The van der Waals surface area contributed by atoms with Crippen LogP contribution in [0.2, 0.25) is 0 Å². The first-order valence-corrected chi connectivity index (χ1v) is 12.3. The Hall–Kier alpha value is -3.27. The lowest BCUT2D eigenvalue weighted by Gasteiger charge is -2.16. The summed E-state index contributed by atoms with van der Waals surface area (Å²) >= 11 is 1.36. The quantitative estimate of drug-likeness (QED) is 0.534. The molecule has 2 amide bonds. The summed E-state index contributed by atoms with van der Waals surface area (Å²) in [5.41, 5.74) is 2.55. The minimum Gasteiger partial charge on any atom is -0.350 e. The van der Waals surface area contributed by atoms with Crippen molar-refractivity contribution in [3.8, 4) is 0 Å². The van der Waals surface area contributed by atoms with Gasteiger partial charge in [-0.2, -0.15) is 0 Å². The fourth-order valence-electron chi connectivity index (χ4n) is 3.41. The number of anilines is 2. The van der Waals surface area contributed by atoms with E-state index in [9.17, 15) is 18.0 Å². The van der Waals surface area contributed by atoms with E-state index in [1.54, 1.807) is 6.07 Å². The second-order valence-corrected chi connectivity index (χ2v) is 10.1. The topological polar surface area (TPSA) is 110 Å². The zero-order chi connectivity index (χ0) is 23.0. The Morgan fingerprint density at radius 3 is 2.12 bits per heavy atom. The Morgan fingerprint density at radius 1 is 0.938 bits per heavy atom.